The molecule has 0 saturated carbocycles. The molecular weight excluding hydrogens is 336 g/mol. The van der Waals surface area contributed by atoms with Crippen LogP contribution in [0.15, 0.2) is 65.1 Å². The molecule has 0 radical (unpaired) electrons. The summed E-state index contributed by atoms with van der Waals surface area (Å²) in [5, 5.41) is 23.9. The average Bonchev–Trinajstić information content (AvgIpc) is 3.07. The van der Waals surface area contributed by atoms with Crippen LogP contribution in [0.5, 0.6) is 0 Å². The second-order valence-corrected chi connectivity index (χ2v) is 6.29. The molecule has 126 valence electrons. The zero-order valence-electron chi connectivity index (χ0n) is 13.5. The molecule has 0 atom stereocenters. The predicted octanol–water partition coefficient (Wildman–Crippen LogP) is 2.12. The first kappa shape index (κ1) is 16.9. The summed E-state index contributed by atoms with van der Waals surface area (Å²) in [4.78, 5) is 11.1. The summed E-state index contributed by atoms with van der Waals surface area (Å²) < 4.78 is 1.52. The van der Waals surface area contributed by atoms with Gasteiger partial charge in [-0.1, -0.05) is 65.9 Å². The van der Waals surface area contributed by atoms with Crippen LogP contribution in [0.4, 0.5) is 0 Å². The van der Waals surface area contributed by atoms with Crippen LogP contribution >= 0.6 is 11.8 Å². The highest BCUT2D eigenvalue weighted by Gasteiger charge is 2.05. The van der Waals surface area contributed by atoms with Crippen molar-refractivity contribution >= 4 is 23.9 Å². The number of thioether (sulfide) groups is 1. The number of carbonyl (C=O) groups is 1. The van der Waals surface area contributed by atoms with E-state index in [9.17, 15) is 9.90 Å². The lowest BCUT2D eigenvalue weighted by atomic mass is 10.1. The molecule has 0 aliphatic carbocycles. The number of aryl methyl sites for hydroxylation is 1. The van der Waals surface area contributed by atoms with Gasteiger partial charge in [0, 0.05) is 16.9 Å². The number of carbonyl (C=O) groups excluding carboxylic acids is 1. The molecule has 25 heavy (non-hydrogen) atoms. The second-order valence-electron chi connectivity index (χ2n) is 5.35. The second kappa shape index (κ2) is 7.76. The Bertz CT molecular complexity index is 903. The summed E-state index contributed by atoms with van der Waals surface area (Å²) in [5.41, 5.74) is 2.95. The Morgan fingerprint density at radius 2 is 2.00 bits per heavy atom. The number of hydrogen-bond donors (Lipinski definition) is 0. The highest BCUT2D eigenvalue weighted by Crippen LogP contribution is 2.20. The number of rotatable bonds is 6. The SMILES string of the molecule is Cc1ccc(CSc2nncn2/N=C\c2ccccc2C(=O)[O-])cc1. The van der Waals surface area contributed by atoms with Gasteiger partial charge in [0.15, 0.2) is 0 Å². The molecule has 1 heterocycles. The third-order valence-electron chi connectivity index (χ3n) is 3.49. The fourth-order valence-electron chi connectivity index (χ4n) is 2.15. The first-order valence-corrected chi connectivity index (χ1v) is 8.55. The Kier molecular flexibility index (Phi) is 5.25. The molecule has 3 aromatic rings. The summed E-state index contributed by atoms with van der Waals surface area (Å²) in [6, 6.07) is 14.8. The van der Waals surface area contributed by atoms with Crippen molar-refractivity contribution in [3.05, 3.63) is 77.1 Å². The highest BCUT2D eigenvalue weighted by molar-refractivity contribution is 7.98. The van der Waals surface area contributed by atoms with E-state index in [1.165, 1.54) is 46.2 Å². The Labute approximate surface area is 149 Å². The molecule has 0 bridgehead atoms. The molecule has 0 aliphatic rings. The maximum absolute atomic E-state index is 11.1. The maximum Gasteiger partial charge on any atom is 0.212 e. The van der Waals surface area contributed by atoms with E-state index in [0.29, 0.717) is 10.7 Å². The smallest absolute Gasteiger partial charge is 0.212 e. The van der Waals surface area contributed by atoms with E-state index in [0.717, 1.165) is 5.75 Å². The van der Waals surface area contributed by atoms with Crippen molar-refractivity contribution in [1.29, 1.82) is 0 Å². The third kappa shape index (κ3) is 4.33. The van der Waals surface area contributed by atoms with Crippen LogP contribution in [0.1, 0.15) is 27.0 Å². The number of aromatic nitrogens is 3. The standard InChI is InChI=1S/C18H16N4O2S/c1-13-6-8-14(9-7-13)11-25-18-21-19-12-22(18)20-10-15-4-2-3-5-16(15)17(23)24/h2-10,12H,11H2,1H3,(H,23,24)/p-1/b20-10-. The molecule has 0 unspecified atom stereocenters. The summed E-state index contributed by atoms with van der Waals surface area (Å²) in [5.74, 6) is -0.496. The Morgan fingerprint density at radius 3 is 2.76 bits per heavy atom. The van der Waals surface area contributed by atoms with E-state index in [-0.39, 0.29) is 5.56 Å². The van der Waals surface area contributed by atoms with Crippen molar-refractivity contribution in [2.75, 3.05) is 0 Å². The number of benzene rings is 2. The van der Waals surface area contributed by atoms with Gasteiger partial charge in [-0.15, -0.1) is 10.2 Å². The molecular formula is C18H15N4O2S-. The van der Waals surface area contributed by atoms with Crippen molar-refractivity contribution in [3.63, 3.8) is 0 Å². The van der Waals surface area contributed by atoms with E-state index in [1.807, 2.05) is 6.92 Å². The van der Waals surface area contributed by atoms with Gasteiger partial charge in [-0.2, -0.15) is 9.78 Å². The summed E-state index contributed by atoms with van der Waals surface area (Å²) >= 11 is 1.51. The van der Waals surface area contributed by atoms with Crippen LogP contribution in [0.25, 0.3) is 0 Å². The largest absolute Gasteiger partial charge is 0.545 e. The Morgan fingerprint density at radius 1 is 1.24 bits per heavy atom. The molecule has 0 aliphatic heterocycles. The van der Waals surface area contributed by atoms with Crippen molar-refractivity contribution < 1.29 is 9.90 Å². The molecule has 0 spiro atoms. The van der Waals surface area contributed by atoms with Crippen molar-refractivity contribution in [2.45, 2.75) is 17.8 Å². The van der Waals surface area contributed by atoms with E-state index < -0.39 is 5.97 Å². The number of carboxylic acids is 1. The highest BCUT2D eigenvalue weighted by atomic mass is 32.2. The summed E-state index contributed by atoms with van der Waals surface area (Å²) in [6.07, 6.45) is 2.94. The quantitative estimate of drug-likeness (QED) is 0.502. The fraction of sp³-hybridized carbons (Fsp3) is 0.111. The van der Waals surface area contributed by atoms with Crippen LogP contribution in [-0.2, 0) is 5.75 Å². The van der Waals surface area contributed by atoms with Crippen LogP contribution < -0.4 is 5.11 Å². The molecule has 0 amide bonds. The first-order valence-electron chi connectivity index (χ1n) is 7.56. The normalized spacial score (nSPS) is 11.1. The number of aromatic carboxylic acids is 1. The number of nitrogens with zero attached hydrogens (tertiary/aromatic N) is 4. The van der Waals surface area contributed by atoms with Crippen molar-refractivity contribution in [3.8, 4) is 0 Å². The predicted molar refractivity (Wildman–Crippen MR) is 94.5 cm³/mol. The lowest BCUT2D eigenvalue weighted by Crippen LogP contribution is -2.23. The van der Waals surface area contributed by atoms with Crippen LogP contribution in [0.3, 0.4) is 0 Å². The molecule has 0 fully saturated rings. The molecule has 0 N–H and O–H groups in total. The Hall–Kier alpha value is -2.93. The van der Waals surface area contributed by atoms with Crippen LogP contribution in [0, 0.1) is 6.92 Å². The van der Waals surface area contributed by atoms with E-state index in [4.69, 9.17) is 0 Å². The zero-order chi connectivity index (χ0) is 17.6. The van der Waals surface area contributed by atoms with Gasteiger partial charge in [-0.05, 0) is 12.5 Å². The minimum absolute atomic E-state index is 0.0909. The van der Waals surface area contributed by atoms with E-state index in [1.54, 1.807) is 18.2 Å². The van der Waals surface area contributed by atoms with Gasteiger partial charge >= 0.3 is 0 Å². The molecule has 0 saturated heterocycles. The van der Waals surface area contributed by atoms with Gasteiger partial charge in [0.05, 0.1) is 12.2 Å². The van der Waals surface area contributed by atoms with Crippen LogP contribution in [0.2, 0.25) is 0 Å². The topological polar surface area (TPSA) is 83.2 Å². The Balaban J connectivity index is 1.73. The zero-order valence-corrected chi connectivity index (χ0v) is 14.3. The minimum Gasteiger partial charge on any atom is -0.545 e. The van der Waals surface area contributed by atoms with Gasteiger partial charge in [0.25, 0.3) is 0 Å². The minimum atomic E-state index is -1.24. The van der Waals surface area contributed by atoms with Gasteiger partial charge in [0.2, 0.25) is 5.16 Å². The molecule has 7 heteroatoms. The van der Waals surface area contributed by atoms with E-state index in [2.05, 4.69) is 39.6 Å². The van der Waals surface area contributed by atoms with Gasteiger partial charge < -0.3 is 9.90 Å². The number of carboxylic acid groups (broad SMARTS) is 1. The van der Waals surface area contributed by atoms with Crippen molar-refractivity contribution in [1.82, 2.24) is 14.9 Å². The lowest BCUT2D eigenvalue weighted by molar-refractivity contribution is -0.255. The molecule has 2 aromatic carbocycles. The van der Waals surface area contributed by atoms with Crippen molar-refractivity contribution in [2.24, 2.45) is 5.10 Å². The first-order chi connectivity index (χ1) is 12.1. The molecule has 3 rings (SSSR count). The lowest BCUT2D eigenvalue weighted by Gasteiger charge is -2.06. The fourth-order valence-corrected chi connectivity index (χ4v) is 2.97. The van der Waals surface area contributed by atoms with Gasteiger partial charge in [-0.3, -0.25) is 0 Å². The summed E-state index contributed by atoms with van der Waals surface area (Å²) in [7, 11) is 0. The summed E-state index contributed by atoms with van der Waals surface area (Å²) in [6.45, 7) is 2.05. The third-order valence-corrected chi connectivity index (χ3v) is 4.50. The van der Waals surface area contributed by atoms with E-state index >= 15 is 0 Å². The van der Waals surface area contributed by atoms with Crippen LogP contribution in [-0.4, -0.2) is 27.1 Å². The number of hydrogen-bond acceptors (Lipinski definition) is 6. The maximum atomic E-state index is 11.1. The van der Waals surface area contributed by atoms with Gasteiger partial charge in [0.1, 0.15) is 6.33 Å². The monoisotopic (exact) mass is 351 g/mol. The van der Waals surface area contributed by atoms with Gasteiger partial charge in [-0.25, -0.2) is 0 Å². The molecule has 6 nitrogen and oxygen atoms in total. The average molecular weight is 351 g/mol. The molecule has 1 aromatic heterocycles.